The van der Waals surface area contributed by atoms with Crippen molar-refractivity contribution in [3.8, 4) is 5.88 Å². The summed E-state index contributed by atoms with van der Waals surface area (Å²) in [5.41, 5.74) is 3.31. The Morgan fingerprint density at radius 1 is 1.25 bits per heavy atom. The number of carbonyl (C=O) groups excluding carboxylic acids is 1. The lowest BCUT2D eigenvalue weighted by molar-refractivity contribution is -0.130. The van der Waals surface area contributed by atoms with E-state index in [1.54, 1.807) is 0 Å². The van der Waals surface area contributed by atoms with Crippen LogP contribution in [0.2, 0.25) is 0 Å². The molecule has 1 atom stereocenters. The monoisotopic (exact) mass is 325 g/mol. The maximum absolute atomic E-state index is 12.4. The minimum Gasteiger partial charge on any atom is -0.471 e. The number of nitrogens with zero attached hydrogens (tertiary/aromatic N) is 3. The number of carbonyl (C=O) groups is 1. The number of ether oxygens (including phenoxy) is 1. The molecule has 0 unspecified atom stereocenters. The highest BCUT2D eigenvalue weighted by atomic mass is 16.5. The molecule has 0 spiro atoms. The lowest BCUT2D eigenvalue weighted by atomic mass is 10.1. The molecule has 1 aliphatic heterocycles. The molecule has 0 N–H and O–H groups in total. The first-order chi connectivity index (χ1) is 11.6. The number of rotatable bonds is 5. The lowest BCUT2D eigenvalue weighted by Crippen LogP contribution is -2.31. The van der Waals surface area contributed by atoms with E-state index >= 15 is 0 Å². The van der Waals surface area contributed by atoms with E-state index in [9.17, 15) is 4.79 Å². The Hall–Kier alpha value is -2.43. The SMILES string of the molecule is Cc1cccc(CCC(=O)N2CC[C@@H](Oc3ccc(C)nn3)C2)c1. The van der Waals surface area contributed by atoms with Crippen LogP contribution in [-0.2, 0) is 11.2 Å². The molecule has 1 aromatic heterocycles. The zero-order valence-corrected chi connectivity index (χ0v) is 14.2. The number of aromatic nitrogens is 2. The van der Waals surface area contributed by atoms with Crippen molar-refractivity contribution in [3.63, 3.8) is 0 Å². The number of benzene rings is 1. The Kier molecular flexibility index (Phi) is 5.08. The molecule has 0 bridgehead atoms. The van der Waals surface area contributed by atoms with Crippen molar-refractivity contribution in [3.05, 3.63) is 53.2 Å². The highest BCUT2D eigenvalue weighted by molar-refractivity contribution is 5.76. The minimum absolute atomic E-state index is 0.00456. The number of hydrogen-bond donors (Lipinski definition) is 0. The number of hydrogen-bond acceptors (Lipinski definition) is 4. The first-order valence-electron chi connectivity index (χ1n) is 8.40. The van der Waals surface area contributed by atoms with Gasteiger partial charge in [0.2, 0.25) is 11.8 Å². The molecule has 3 rings (SSSR count). The molecular formula is C19H23N3O2. The van der Waals surface area contributed by atoms with Crippen LogP contribution in [0.1, 0.15) is 29.7 Å². The summed E-state index contributed by atoms with van der Waals surface area (Å²) in [7, 11) is 0. The van der Waals surface area contributed by atoms with E-state index in [0.717, 1.165) is 25.1 Å². The van der Waals surface area contributed by atoms with Crippen molar-refractivity contribution in [1.82, 2.24) is 15.1 Å². The topological polar surface area (TPSA) is 55.3 Å². The third kappa shape index (κ3) is 4.31. The summed E-state index contributed by atoms with van der Waals surface area (Å²) < 4.78 is 5.82. The number of likely N-dealkylation sites (tertiary alicyclic amines) is 1. The van der Waals surface area contributed by atoms with E-state index in [1.807, 2.05) is 30.0 Å². The zero-order valence-electron chi connectivity index (χ0n) is 14.2. The second-order valence-corrected chi connectivity index (χ2v) is 6.37. The Bertz CT molecular complexity index is 700. The van der Waals surface area contributed by atoms with Crippen LogP contribution in [0.5, 0.6) is 5.88 Å². The fraction of sp³-hybridized carbons (Fsp3) is 0.421. The van der Waals surface area contributed by atoms with Gasteiger partial charge >= 0.3 is 0 Å². The summed E-state index contributed by atoms with van der Waals surface area (Å²) in [5, 5.41) is 8.01. The van der Waals surface area contributed by atoms with E-state index in [-0.39, 0.29) is 12.0 Å². The van der Waals surface area contributed by atoms with Gasteiger partial charge in [0.05, 0.1) is 12.2 Å². The molecule has 1 saturated heterocycles. The molecule has 5 nitrogen and oxygen atoms in total. The average molecular weight is 325 g/mol. The van der Waals surface area contributed by atoms with Gasteiger partial charge in [-0.05, 0) is 31.9 Å². The average Bonchev–Trinajstić information content (AvgIpc) is 3.03. The van der Waals surface area contributed by atoms with Crippen molar-refractivity contribution in [1.29, 1.82) is 0 Å². The van der Waals surface area contributed by atoms with Crippen LogP contribution in [0.25, 0.3) is 0 Å². The van der Waals surface area contributed by atoms with Crippen molar-refractivity contribution in [2.45, 2.75) is 39.2 Å². The molecule has 0 aliphatic carbocycles. The summed E-state index contributed by atoms with van der Waals surface area (Å²) in [4.78, 5) is 14.3. The summed E-state index contributed by atoms with van der Waals surface area (Å²) in [6.07, 6.45) is 2.17. The van der Waals surface area contributed by atoms with Gasteiger partial charge in [-0.1, -0.05) is 29.8 Å². The predicted molar refractivity (Wildman–Crippen MR) is 91.9 cm³/mol. The Morgan fingerprint density at radius 2 is 2.12 bits per heavy atom. The van der Waals surface area contributed by atoms with E-state index in [0.29, 0.717) is 18.8 Å². The third-order valence-electron chi connectivity index (χ3n) is 4.27. The number of aryl methyl sites for hydroxylation is 3. The molecule has 0 saturated carbocycles. The molecule has 1 fully saturated rings. The Morgan fingerprint density at radius 3 is 2.88 bits per heavy atom. The second-order valence-electron chi connectivity index (χ2n) is 6.37. The van der Waals surface area contributed by atoms with Gasteiger partial charge < -0.3 is 9.64 Å². The van der Waals surface area contributed by atoms with Crippen LogP contribution in [0.3, 0.4) is 0 Å². The minimum atomic E-state index is 0.00456. The third-order valence-corrected chi connectivity index (χ3v) is 4.27. The largest absolute Gasteiger partial charge is 0.471 e. The Balaban J connectivity index is 1.48. The fourth-order valence-corrected chi connectivity index (χ4v) is 2.95. The second kappa shape index (κ2) is 7.43. The summed E-state index contributed by atoms with van der Waals surface area (Å²) in [5.74, 6) is 0.720. The van der Waals surface area contributed by atoms with Gasteiger partial charge in [0.1, 0.15) is 6.10 Å². The van der Waals surface area contributed by atoms with Crippen LogP contribution in [-0.4, -0.2) is 40.2 Å². The van der Waals surface area contributed by atoms with Crippen molar-refractivity contribution in [2.24, 2.45) is 0 Å². The van der Waals surface area contributed by atoms with Crippen LogP contribution < -0.4 is 4.74 Å². The van der Waals surface area contributed by atoms with Gasteiger partial charge in [-0.15, -0.1) is 5.10 Å². The molecular weight excluding hydrogens is 302 g/mol. The molecule has 24 heavy (non-hydrogen) atoms. The molecule has 2 heterocycles. The molecule has 0 radical (unpaired) electrons. The summed E-state index contributed by atoms with van der Waals surface area (Å²) >= 11 is 0. The van der Waals surface area contributed by atoms with Crippen molar-refractivity contribution in [2.75, 3.05) is 13.1 Å². The molecule has 5 heteroatoms. The van der Waals surface area contributed by atoms with Crippen LogP contribution in [0, 0.1) is 13.8 Å². The molecule has 1 amide bonds. The highest BCUT2D eigenvalue weighted by Crippen LogP contribution is 2.17. The summed E-state index contributed by atoms with van der Waals surface area (Å²) in [6, 6.07) is 12.0. The lowest BCUT2D eigenvalue weighted by Gasteiger charge is -2.17. The normalized spacial score (nSPS) is 17.1. The van der Waals surface area contributed by atoms with Crippen molar-refractivity contribution < 1.29 is 9.53 Å². The van der Waals surface area contributed by atoms with Gasteiger partial charge in [-0.2, -0.15) is 5.10 Å². The predicted octanol–water partition coefficient (Wildman–Crippen LogP) is 2.71. The first-order valence-corrected chi connectivity index (χ1v) is 8.40. The summed E-state index contributed by atoms with van der Waals surface area (Å²) in [6.45, 7) is 5.33. The van der Waals surface area contributed by atoms with Crippen LogP contribution >= 0.6 is 0 Å². The number of amides is 1. The first kappa shape index (κ1) is 16.4. The van der Waals surface area contributed by atoms with Crippen LogP contribution in [0.15, 0.2) is 36.4 Å². The van der Waals surface area contributed by atoms with Gasteiger partial charge in [0, 0.05) is 25.5 Å². The van der Waals surface area contributed by atoms with Gasteiger partial charge in [0.15, 0.2) is 0 Å². The van der Waals surface area contributed by atoms with E-state index in [2.05, 4.69) is 35.3 Å². The maximum Gasteiger partial charge on any atom is 0.233 e. The Labute approximate surface area is 142 Å². The standard InChI is InChI=1S/C19H23N3O2/c1-14-4-3-5-16(12-14)7-9-19(23)22-11-10-17(13-22)24-18-8-6-15(2)20-21-18/h3-6,8,12,17H,7,9-11,13H2,1-2H3/t17-/m1/s1. The van der Waals surface area contributed by atoms with Crippen LogP contribution in [0.4, 0.5) is 0 Å². The van der Waals surface area contributed by atoms with Gasteiger partial charge in [0.25, 0.3) is 0 Å². The quantitative estimate of drug-likeness (QED) is 0.848. The molecule has 1 aliphatic rings. The zero-order chi connectivity index (χ0) is 16.9. The molecule has 126 valence electrons. The fourth-order valence-electron chi connectivity index (χ4n) is 2.95. The molecule has 1 aromatic carbocycles. The van der Waals surface area contributed by atoms with Crippen molar-refractivity contribution >= 4 is 5.91 Å². The van der Waals surface area contributed by atoms with E-state index in [1.165, 1.54) is 11.1 Å². The van der Waals surface area contributed by atoms with E-state index in [4.69, 9.17) is 4.74 Å². The smallest absolute Gasteiger partial charge is 0.233 e. The maximum atomic E-state index is 12.4. The van der Waals surface area contributed by atoms with Gasteiger partial charge in [-0.3, -0.25) is 4.79 Å². The highest BCUT2D eigenvalue weighted by Gasteiger charge is 2.27. The van der Waals surface area contributed by atoms with E-state index < -0.39 is 0 Å². The molecule has 2 aromatic rings. The van der Waals surface area contributed by atoms with Gasteiger partial charge in [-0.25, -0.2) is 0 Å².